The van der Waals surface area contributed by atoms with Gasteiger partial charge in [0.2, 0.25) is 0 Å². The normalized spacial score (nSPS) is 12.5. The zero-order valence-electron chi connectivity index (χ0n) is 25.2. The maximum atomic E-state index is 14.2. The van der Waals surface area contributed by atoms with Crippen LogP contribution in [0.15, 0.2) is 77.7 Å². The predicted molar refractivity (Wildman–Crippen MR) is 177 cm³/mol. The number of hydrogen-bond acceptors (Lipinski definition) is 7. The Bertz CT molecular complexity index is 2310. The number of nitrogens with zero attached hydrogens (tertiary/aromatic N) is 6. The first kappa shape index (κ1) is 32.6. The molecule has 0 bridgehead atoms. The van der Waals surface area contributed by atoms with E-state index in [1.807, 2.05) is 0 Å². The van der Waals surface area contributed by atoms with E-state index in [4.69, 9.17) is 21.3 Å². The Morgan fingerprint density at radius 3 is 2.40 bits per heavy atom. The van der Waals surface area contributed by atoms with Gasteiger partial charge in [0.25, 0.3) is 0 Å². The number of sulfonamides is 1. The summed E-state index contributed by atoms with van der Waals surface area (Å²) in [5, 5.41) is 5.34. The van der Waals surface area contributed by atoms with Crippen molar-refractivity contribution in [1.29, 1.82) is 0 Å². The van der Waals surface area contributed by atoms with Gasteiger partial charge in [-0.05, 0) is 0 Å². The van der Waals surface area contributed by atoms with Gasteiger partial charge in [-0.1, -0.05) is 0 Å². The molecule has 15 heteroatoms. The maximum absolute atomic E-state index is 14.2. The van der Waals surface area contributed by atoms with E-state index in [2.05, 4.69) is 26.9 Å². The van der Waals surface area contributed by atoms with Crippen LogP contribution in [0.2, 0.25) is 5.02 Å². The monoisotopic (exact) mass is 738 g/mol. The number of halogens is 3. The molecule has 1 atom stereocenters. The molecule has 0 saturated heterocycles. The van der Waals surface area contributed by atoms with E-state index in [9.17, 15) is 22.0 Å². The fourth-order valence-corrected chi connectivity index (χ4v) is 7.34. The van der Waals surface area contributed by atoms with Crippen molar-refractivity contribution in [3.05, 3.63) is 117 Å². The van der Waals surface area contributed by atoms with Gasteiger partial charge in [0.15, 0.2) is 0 Å². The van der Waals surface area contributed by atoms with Crippen LogP contribution in [0.3, 0.4) is 0 Å². The zero-order chi connectivity index (χ0) is 33.6. The number of aromatic nitrogens is 5. The van der Waals surface area contributed by atoms with Crippen molar-refractivity contribution in [3.63, 3.8) is 0 Å². The molecule has 0 aliphatic carbocycles. The van der Waals surface area contributed by atoms with Gasteiger partial charge in [-0.2, -0.15) is 0 Å². The average Bonchev–Trinajstić information content (AvgIpc) is 3.37. The van der Waals surface area contributed by atoms with Crippen molar-refractivity contribution in [2.45, 2.75) is 17.7 Å². The van der Waals surface area contributed by atoms with Crippen LogP contribution in [0, 0.1) is 11.6 Å². The number of anilines is 1. The molecule has 0 aliphatic heterocycles. The van der Waals surface area contributed by atoms with Crippen molar-refractivity contribution >= 4 is 66.2 Å². The summed E-state index contributed by atoms with van der Waals surface area (Å²) in [5.41, 5.74) is 1.46. The van der Waals surface area contributed by atoms with Gasteiger partial charge in [-0.25, -0.2) is 0 Å². The van der Waals surface area contributed by atoms with Gasteiger partial charge in [0.1, 0.15) is 5.75 Å². The summed E-state index contributed by atoms with van der Waals surface area (Å²) in [4.78, 5) is 23.2. The molecule has 0 spiro atoms. The molecular formula is C32H26AsClF2N6O4S. The Hall–Kier alpha value is -4.32. The summed E-state index contributed by atoms with van der Waals surface area (Å²) in [6.07, 6.45) is 2.71. The fraction of sp³-hybridized carbons (Fsp3) is 0.188. The van der Waals surface area contributed by atoms with E-state index in [0.717, 1.165) is 16.6 Å². The minimum atomic E-state index is -3.89. The van der Waals surface area contributed by atoms with Crippen LogP contribution in [0.25, 0.3) is 27.6 Å². The summed E-state index contributed by atoms with van der Waals surface area (Å²) >= 11 is 9.16. The molecular weight excluding hydrogens is 713 g/mol. The Morgan fingerprint density at radius 1 is 1.04 bits per heavy atom. The molecule has 3 heterocycles. The molecule has 0 aliphatic rings. The van der Waals surface area contributed by atoms with Gasteiger partial charge >= 0.3 is 266 Å². The summed E-state index contributed by atoms with van der Waals surface area (Å²) in [7, 11) is -0.731. The van der Waals surface area contributed by atoms with E-state index in [-0.39, 0.29) is 40.7 Å². The molecule has 6 rings (SSSR count). The average molecular weight is 739 g/mol. The molecule has 1 unspecified atom stereocenters. The molecule has 47 heavy (non-hydrogen) atoms. The summed E-state index contributed by atoms with van der Waals surface area (Å²) in [6, 6.07) is 16.6. The Balaban J connectivity index is 1.57. The molecule has 0 fully saturated rings. The van der Waals surface area contributed by atoms with Crippen LogP contribution < -0.4 is 14.6 Å². The summed E-state index contributed by atoms with van der Waals surface area (Å²) in [6.45, 7) is -0.0530. The van der Waals surface area contributed by atoms with Crippen molar-refractivity contribution in [2.75, 3.05) is 17.7 Å². The number of rotatable bonds is 9. The number of pyridine rings is 1. The molecule has 240 valence electrons. The van der Waals surface area contributed by atoms with E-state index in [1.165, 1.54) is 34.7 Å². The van der Waals surface area contributed by atoms with Crippen molar-refractivity contribution in [2.24, 2.45) is 7.05 Å². The van der Waals surface area contributed by atoms with Gasteiger partial charge in [-0.15, -0.1) is 0 Å². The SMILES string of the molecule is COc1ccc(CN(c2nn(C)c3c(-n4c(C([As])Cc5cc(F)cc(F)c5)nc5ncccc5c4=O)ccc(Cl)c23)S(C)(=O)=O)cc1. The molecule has 6 aromatic rings. The Morgan fingerprint density at radius 2 is 1.74 bits per heavy atom. The third kappa shape index (κ3) is 6.35. The van der Waals surface area contributed by atoms with E-state index >= 15 is 0 Å². The Labute approximate surface area is 282 Å². The predicted octanol–water partition coefficient (Wildman–Crippen LogP) is 5.03. The van der Waals surface area contributed by atoms with E-state index in [0.29, 0.717) is 33.5 Å². The van der Waals surface area contributed by atoms with Gasteiger partial charge in [0, 0.05) is 0 Å². The molecule has 0 amide bonds. The number of fused-ring (bicyclic) bond motifs is 2. The topological polar surface area (TPSA) is 112 Å². The zero-order valence-corrected chi connectivity index (χ0v) is 28.7. The van der Waals surface area contributed by atoms with Crippen LogP contribution in [0.5, 0.6) is 5.75 Å². The molecule has 3 aromatic heterocycles. The summed E-state index contributed by atoms with van der Waals surface area (Å²) in [5.74, 6) is -0.520. The molecule has 0 N–H and O–H groups in total. The number of aryl methyl sites for hydroxylation is 1. The van der Waals surface area contributed by atoms with Crippen molar-refractivity contribution in [1.82, 2.24) is 24.3 Å². The third-order valence-corrected chi connectivity index (χ3v) is 9.86. The number of benzene rings is 3. The number of hydrogen-bond donors (Lipinski definition) is 0. The fourth-order valence-electron chi connectivity index (χ4n) is 5.47. The van der Waals surface area contributed by atoms with Gasteiger partial charge in [0.05, 0.1) is 7.11 Å². The van der Waals surface area contributed by atoms with E-state index in [1.54, 1.807) is 55.6 Å². The molecule has 0 saturated carbocycles. The van der Waals surface area contributed by atoms with Gasteiger partial charge in [-0.3, -0.25) is 0 Å². The molecule has 2 radical (unpaired) electrons. The second kappa shape index (κ2) is 12.7. The first-order valence-electron chi connectivity index (χ1n) is 14.1. The first-order valence-corrected chi connectivity index (χ1v) is 17.4. The number of methoxy groups -OCH3 is 1. The number of ether oxygens (including phenoxy) is 1. The van der Waals surface area contributed by atoms with Crippen molar-refractivity contribution in [3.8, 4) is 11.4 Å². The van der Waals surface area contributed by atoms with Crippen LogP contribution in [0.4, 0.5) is 14.6 Å². The standard InChI is InChI=1S/C32H26AsClF2N6O4S/c1-40-28-26(11-10-25(34)27(28)31(39-40)41(47(3,44)45)17-18-6-8-22(46-2)9-7-18)42-30(38-29-23(32(42)43)5-4-12-37-29)24(33)15-19-13-20(35)16-21(36)14-19/h4-14,16,24H,15,17H2,1-3H3. The minimum absolute atomic E-state index is 0.0530. The third-order valence-electron chi connectivity index (χ3n) is 7.58. The molecule has 10 nitrogen and oxygen atoms in total. The van der Waals surface area contributed by atoms with Crippen LogP contribution in [-0.2, 0) is 30.0 Å². The van der Waals surface area contributed by atoms with Crippen LogP contribution in [0.1, 0.15) is 21.7 Å². The molecule has 3 aromatic carbocycles. The van der Waals surface area contributed by atoms with Crippen LogP contribution in [-0.4, -0.2) is 63.0 Å². The van der Waals surface area contributed by atoms with E-state index < -0.39 is 31.9 Å². The van der Waals surface area contributed by atoms with Crippen molar-refractivity contribution < 1.29 is 21.9 Å². The first-order chi connectivity index (χ1) is 22.3. The second-order valence-corrected chi connectivity index (χ2v) is 14.5. The Kier molecular flexibility index (Phi) is 8.82. The summed E-state index contributed by atoms with van der Waals surface area (Å²) < 4.78 is 63.2. The van der Waals surface area contributed by atoms with Gasteiger partial charge < -0.3 is 4.74 Å². The quantitative estimate of drug-likeness (QED) is 0.192. The second-order valence-electron chi connectivity index (χ2n) is 10.8. The van der Waals surface area contributed by atoms with Crippen LogP contribution >= 0.6 is 11.6 Å².